The number of cyclic esters (lactones) is 1. The SMILES string of the molecule is N#Cc1cnc(-c2ccc(CN3CCC(N4C(=O)OCc5ccccc54)CC3)cc2)c(-c2ccccc2)c1. The summed E-state index contributed by atoms with van der Waals surface area (Å²) in [6.45, 7) is 3.06. The predicted molar refractivity (Wildman–Crippen MR) is 147 cm³/mol. The van der Waals surface area contributed by atoms with E-state index in [1.54, 1.807) is 6.20 Å². The van der Waals surface area contributed by atoms with E-state index in [9.17, 15) is 10.1 Å². The minimum absolute atomic E-state index is 0.154. The second kappa shape index (κ2) is 10.5. The van der Waals surface area contributed by atoms with Gasteiger partial charge in [-0.2, -0.15) is 5.26 Å². The number of anilines is 1. The van der Waals surface area contributed by atoms with Crippen LogP contribution in [-0.2, 0) is 17.9 Å². The highest BCUT2D eigenvalue weighted by atomic mass is 16.6. The van der Waals surface area contributed by atoms with Gasteiger partial charge in [0.15, 0.2) is 0 Å². The molecule has 6 heteroatoms. The molecule has 4 aromatic rings. The van der Waals surface area contributed by atoms with Crippen LogP contribution in [0, 0.1) is 11.3 Å². The van der Waals surface area contributed by atoms with Crippen molar-refractivity contribution in [3.05, 3.63) is 108 Å². The summed E-state index contributed by atoms with van der Waals surface area (Å²) in [7, 11) is 0. The molecule has 2 aliphatic rings. The first-order valence-corrected chi connectivity index (χ1v) is 13.0. The Hall–Kier alpha value is -4.47. The summed E-state index contributed by atoms with van der Waals surface area (Å²) in [6, 6.07) is 30.9. The number of carbonyl (C=O) groups is 1. The van der Waals surface area contributed by atoms with Crippen LogP contribution in [0.3, 0.4) is 0 Å². The van der Waals surface area contributed by atoms with Crippen LogP contribution < -0.4 is 4.90 Å². The standard InChI is InChI=1S/C32H28N4O2/c33-19-24-18-29(25-6-2-1-3-7-25)31(34-20-24)26-12-10-23(11-13-26)21-35-16-14-28(15-17-35)36-30-9-5-4-8-27(30)22-38-32(36)37/h1-13,18,20,28H,14-17,21-22H2. The normalized spacial score (nSPS) is 16.0. The molecule has 2 aliphatic heterocycles. The maximum Gasteiger partial charge on any atom is 0.414 e. The molecule has 38 heavy (non-hydrogen) atoms. The summed E-state index contributed by atoms with van der Waals surface area (Å²) in [4.78, 5) is 21.5. The van der Waals surface area contributed by atoms with Crippen molar-refractivity contribution in [2.45, 2.75) is 32.0 Å². The van der Waals surface area contributed by atoms with Gasteiger partial charge in [-0.3, -0.25) is 14.8 Å². The number of hydrogen-bond acceptors (Lipinski definition) is 5. The van der Waals surface area contributed by atoms with Crippen molar-refractivity contribution in [3.63, 3.8) is 0 Å². The Morgan fingerprint density at radius 2 is 1.66 bits per heavy atom. The van der Waals surface area contributed by atoms with Crippen molar-refractivity contribution in [2.24, 2.45) is 0 Å². The minimum Gasteiger partial charge on any atom is -0.444 e. The Kier molecular flexibility index (Phi) is 6.60. The maximum absolute atomic E-state index is 12.6. The van der Waals surface area contributed by atoms with E-state index < -0.39 is 0 Å². The molecule has 3 aromatic carbocycles. The topological polar surface area (TPSA) is 69.5 Å². The van der Waals surface area contributed by atoms with Crippen LogP contribution in [0.4, 0.5) is 10.5 Å². The highest BCUT2D eigenvalue weighted by Crippen LogP contribution is 2.33. The Morgan fingerprint density at radius 1 is 0.921 bits per heavy atom. The molecule has 0 radical (unpaired) electrons. The Bertz CT molecular complexity index is 1490. The van der Waals surface area contributed by atoms with Crippen LogP contribution in [0.25, 0.3) is 22.4 Å². The molecule has 0 spiro atoms. The van der Waals surface area contributed by atoms with Gasteiger partial charge in [0.2, 0.25) is 0 Å². The van der Waals surface area contributed by atoms with Crippen LogP contribution in [-0.4, -0.2) is 35.1 Å². The molecule has 6 nitrogen and oxygen atoms in total. The third kappa shape index (κ3) is 4.77. The molecular weight excluding hydrogens is 472 g/mol. The van der Waals surface area contributed by atoms with Gasteiger partial charge >= 0.3 is 6.09 Å². The first-order valence-electron chi connectivity index (χ1n) is 13.0. The second-order valence-electron chi connectivity index (χ2n) is 9.86. The molecule has 3 heterocycles. The minimum atomic E-state index is -0.232. The third-order valence-corrected chi connectivity index (χ3v) is 7.46. The molecule has 1 fully saturated rings. The van der Waals surface area contributed by atoms with Crippen molar-refractivity contribution >= 4 is 11.8 Å². The molecule has 0 N–H and O–H groups in total. The fraction of sp³-hybridized carbons (Fsp3) is 0.219. The fourth-order valence-corrected chi connectivity index (χ4v) is 5.48. The van der Waals surface area contributed by atoms with E-state index in [1.165, 1.54) is 5.56 Å². The van der Waals surface area contributed by atoms with E-state index in [4.69, 9.17) is 4.74 Å². The Labute approximate surface area is 222 Å². The van der Waals surface area contributed by atoms with Crippen LogP contribution >= 0.6 is 0 Å². The fourth-order valence-electron chi connectivity index (χ4n) is 5.48. The largest absolute Gasteiger partial charge is 0.444 e. The molecule has 0 bridgehead atoms. The predicted octanol–water partition coefficient (Wildman–Crippen LogP) is 6.41. The van der Waals surface area contributed by atoms with Crippen LogP contribution in [0.5, 0.6) is 0 Å². The number of fused-ring (bicyclic) bond motifs is 1. The zero-order valence-electron chi connectivity index (χ0n) is 21.1. The van der Waals surface area contributed by atoms with Crippen LogP contribution in [0.2, 0.25) is 0 Å². The summed E-state index contributed by atoms with van der Waals surface area (Å²) in [5, 5.41) is 9.39. The number of para-hydroxylation sites is 1. The smallest absolute Gasteiger partial charge is 0.414 e. The quantitative estimate of drug-likeness (QED) is 0.317. The van der Waals surface area contributed by atoms with Gasteiger partial charge in [-0.1, -0.05) is 72.8 Å². The van der Waals surface area contributed by atoms with Crippen molar-refractivity contribution in [2.75, 3.05) is 18.0 Å². The number of ether oxygens (including phenoxy) is 1. The first kappa shape index (κ1) is 23.9. The number of hydrogen-bond donors (Lipinski definition) is 0. The lowest BCUT2D eigenvalue weighted by molar-refractivity contribution is 0.131. The Morgan fingerprint density at radius 3 is 2.42 bits per heavy atom. The number of nitriles is 1. The van der Waals surface area contributed by atoms with E-state index in [1.807, 2.05) is 65.6 Å². The molecule has 1 aromatic heterocycles. The van der Waals surface area contributed by atoms with Crippen LogP contribution in [0.15, 0.2) is 91.1 Å². The average Bonchev–Trinajstić information content (AvgIpc) is 2.98. The lowest BCUT2D eigenvalue weighted by Gasteiger charge is -2.40. The third-order valence-electron chi connectivity index (χ3n) is 7.46. The van der Waals surface area contributed by atoms with E-state index in [-0.39, 0.29) is 12.1 Å². The average molecular weight is 501 g/mol. The Balaban J connectivity index is 1.14. The van der Waals surface area contributed by atoms with Gasteiger partial charge in [0.1, 0.15) is 12.7 Å². The van der Waals surface area contributed by atoms with E-state index in [0.717, 1.165) is 66.1 Å². The number of amides is 1. The summed E-state index contributed by atoms with van der Waals surface area (Å²) >= 11 is 0. The highest BCUT2D eigenvalue weighted by Gasteiger charge is 2.34. The van der Waals surface area contributed by atoms with Gasteiger partial charge in [0, 0.05) is 48.6 Å². The maximum atomic E-state index is 12.6. The molecule has 0 aliphatic carbocycles. The number of nitrogens with zero attached hydrogens (tertiary/aromatic N) is 4. The van der Waals surface area contributed by atoms with Gasteiger partial charge in [0.05, 0.1) is 16.9 Å². The second-order valence-corrected chi connectivity index (χ2v) is 9.86. The molecule has 1 saturated heterocycles. The van der Waals surface area contributed by atoms with E-state index in [2.05, 4.69) is 40.2 Å². The molecule has 0 unspecified atom stereocenters. The van der Waals surface area contributed by atoms with E-state index >= 15 is 0 Å². The molecule has 188 valence electrons. The monoisotopic (exact) mass is 500 g/mol. The van der Waals surface area contributed by atoms with E-state index in [0.29, 0.717) is 12.2 Å². The zero-order valence-corrected chi connectivity index (χ0v) is 21.1. The first-order chi connectivity index (χ1) is 18.7. The van der Waals surface area contributed by atoms with Gasteiger partial charge in [-0.25, -0.2) is 4.79 Å². The van der Waals surface area contributed by atoms with Gasteiger partial charge in [-0.15, -0.1) is 0 Å². The number of aromatic nitrogens is 1. The summed E-state index contributed by atoms with van der Waals surface area (Å²) < 4.78 is 5.44. The number of pyridine rings is 1. The highest BCUT2D eigenvalue weighted by molar-refractivity contribution is 5.91. The summed E-state index contributed by atoms with van der Waals surface area (Å²) in [5.74, 6) is 0. The van der Waals surface area contributed by atoms with Gasteiger partial charge in [0.25, 0.3) is 0 Å². The molecule has 0 atom stereocenters. The number of benzene rings is 3. The number of likely N-dealkylation sites (tertiary alicyclic amines) is 1. The summed E-state index contributed by atoms with van der Waals surface area (Å²) in [5.41, 5.74) is 7.75. The van der Waals surface area contributed by atoms with Crippen molar-refractivity contribution in [3.8, 4) is 28.5 Å². The lowest BCUT2D eigenvalue weighted by atomic mass is 9.97. The molecule has 6 rings (SSSR count). The van der Waals surface area contributed by atoms with Crippen molar-refractivity contribution in [1.82, 2.24) is 9.88 Å². The van der Waals surface area contributed by atoms with Gasteiger partial charge < -0.3 is 4.74 Å². The number of rotatable bonds is 5. The van der Waals surface area contributed by atoms with Crippen LogP contribution in [0.1, 0.15) is 29.5 Å². The zero-order chi connectivity index (χ0) is 25.9. The number of carbonyl (C=O) groups excluding carboxylic acids is 1. The van der Waals surface area contributed by atoms with Crippen molar-refractivity contribution < 1.29 is 9.53 Å². The molecule has 0 saturated carbocycles. The molecule has 1 amide bonds. The van der Waals surface area contributed by atoms with Crippen molar-refractivity contribution in [1.29, 1.82) is 5.26 Å². The molecular formula is C32H28N4O2. The number of piperidine rings is 1. The lowest BCUT2D eigenvalue weighted by Crippen LogP contribution is -2.49. The van der Waals surface area contributed by atoms with Gasteiger partial charge in [-0.05, 0) is 36.1 Å². The summed E-state index contributed by atoms with van der Waals surface area (Å²) in [6.07, 6.45) is 3.23.